The molecule has 0 unspecified atom stereocenters. The van der Waals surface area contributed by atoms with Crippen LogP contribution in [-0.4, -0.2) is 6.10 Å². The Bertz CT molecular complexity index is 344. The molecule has 15 heavy (non-hydrogen) atoms. The molecule has 0 aliphatic rings. The second kappa shape index (κ2) is 4.08. The first-order valence-electron chi connectivity index (χ1n) is 4.34. The summed E-state index contributed by atoms with van der Waals surface area (Å²) in [6.07, 6.45) is -4.81. The van der Waals surface area contributed by atoms with Gasteiger partial charge in [-0.25, -0.2) is 4.39 Å². The van der Waals surface area contributed by atoms with E-state index in [9.17, 15) is 17.6 Å². The van der Waals surface area contributed by atoms with Crippen molar-refractivity contribution in [2.45, 2.75) is 26.1 Å². The average Bonchev–Trinajstić information content (AvgIpc) is 2.05. The Labute approximate surface area is 84.7 Å². The molecule has 0 radical (unpaired) electrons. The molecule has 1 aromatic rings. The van der Waals surface area contributed by atoms with Gasteiger partial charge in [-0.15, -0.1) is 0 Å². The molecule has 84 valence electrons. The Morgan fingerprint density at radius 1 is 1.20 bits per heavy atom. The van der Waals surface area contributed by atoms with Gasteiger partial charge in [0, 0.05) is 0 Å². The lowest BCUT2D eigenvalue weighted by atomic mass is 10.2. The molecule has 0 N–H and O–H groups in total. The number of alkyl halides is 3. The Morgan fingerprint density at radius 2 is 1.80 bits per heavy atom. The van der Waals surface area contributed by atoms with Crippen molar-refractivity contribution in [1.29, 1.82) is 0 Å². The van der Waals surface area contributed by atoms with E-state index in [0.717, 1.165) is 12.1 Å². The summed E-state index contributed by atoms with van der Waals surface area (Å²) in [5.41, 5.74) is -1.02. The van der Waals surface area contributed by atoms with E-state index in [1.165, 1.54) is 0 Å². The highest BCUT2D eigenvalue weighted by molar-refractivity contribution is 5.30. The van der Waals surface area contributed by atoms with Crippen LogP contribution in [0.4, 0.5) is 17.6 Å². The molecule has 0 amide bonds. The SMILES string of the molecule is CC(C)Oc1ccc(C(F)(F)F)cc1F. The molecule has 0 aliphatic carbocycles. The van der Waals surface area contributed by atoms with E-state index in [4.69, 9.17) is 4.74 Å². The zero-order valence-corrected chi connectivity index (χ0v) is 8.23. The highest BCUT2D eigenvalue weighted by Crippen LogP contribution is 2.32. The summed E-state index contributed by atoms with van der Waals surface area (Å²) in [5, 5.41) is 0. The number of benzene rings is 1. The average molecular weight is 222 g/mol. The molecule has 1 aromatic carbocycles. The maximum absolute atomic E-state index is 13.1. The number of hydrogen-bond acceptors (Lipinski definition) is 1. The van der Waals surface area contributed by atoms with Crippen LogP contribution in [0.5, 0.6) is 5.75 Å². The zero-order chi connectivity index (χ0) is 11.6. The summed E-state index contributed by atoms with van der Waals surface area (Å²) in [5.74, 6) is -1.17. The fourth-order valence-electron chi connectivity index (χ4n) is 1.03. The van der Waals surface area contributed by atoms with Gasteiger partial charge in [0.25, 0.3) is 0 Å². The van der Waals surface area contributed by atoms with Gasteiger partial charge < -0.3 is 4.74 Å². The lowest BCUT2D eigenvalue weighted by molar-refractivity contribution is -0.137. The topological polar surface area (TPSA) is 9.23 Å². The summed E-state index contributed by atoms with van der Waals surface area (Å²) in [4.78, 5) is 0. The first kappa shape index (κ1) is 11.8. The zero-order valence-electron chi connectivity index (χ0n) is 8.23. The molecule has 0 atom stereocenters. The molecular formula is C10H10F4O. The molecular weight excluding hydrogens is 212 g/mol. The minimum absolute atomic E-state index is 0.169. The van der Waals surface area contributed by atoms with Gasteiger partial charge >= 0.3 is 6.18 Å². The first-order valence-corrected chi connectivity index (χ1v) is 4.34. The Hall–Kier alpha value is -1.26. The molecule has 0 bridgehead atoms. The monoisotopic (exact) mass is 222 g/mol. The molecule has 5 heteroatoms. The lowest BCUT2D eigenvalue weighted by Gasteiger charge is -2.12. The van der Waals surface area contributed by atoms with Gasteiger partial charge in [-0.1, -0.05) is 0 Å². The Balaban J connectivity index is 2.98. The fraction of sp³-hybridized carbons (Fsp3) is 0.400. The van der Waals surface area contributed by atoms with E-state index in [1.54, 1.807) is 13.8 Å². The van der Waals surface area contributed by atoms with Gasteiger partial charge in [-0.05, 0) is 32.0 Å². The van der Waals surface area contributed by atoms with Gasteiger partial charge in [-0.3, -0.25) is 0 Å². The maximum Gasteiger partial charge on any atom is 0.416 e. The predicted molar refractivity (Wildman–Crippen MR) is 47.2 cm³/mol. The van der Waals surface area contributed by atoms with Gasteiger partial charge in [0.2, 0.25) is 0 Å². The molecule has 0 aromatic heterocycles. The molecule has 1 rings (SSSR count). The van der Waals surface area contributed by atoms with Crippen LogP contribution >= 0.6 is 0 Å². The van der Waals surface area contributed by atoms with Crippen LogP contribution in [0.15, 0.2) is 18.2 Å². The number of hydrogen-bond donors (Lipinski definition) is 0. The minimum Gasteiger partial charge on any atom is -0.488 e. The fourth-order valence-corrected chi connectivity index (χ4v) is 1.03. The third-order valence-electron chi connectivity index (χ3n) is 1.62. The van der Waals surface area contributed by atoms with Crippen LogP contribution in [0.25, 0.3) is 0 Å². The van der Waals surface area contributed by atoms with Gasteiger partial charge in [0.15, 0.2) is 11.6 Å². The van der Waals surface area contributed by atoms with Gasteiger partial charge in [-0.2, -0.15) is 13.2 Å². The highest BCUT2D eigenvalue weighted by atomic mass is 19.4. The molecule has 1 nitrogen and oxygen atoms in total. The van der Waals surface area contributed by atoms with Crippen molar-refractivity contribution in [3.05, 3.63) is 29.6 Å². The molecule has 0 fully saturated rings. The van der Waals surface area contributed by atoms with E-state index < -0.39 is 17.6 Å². The van der Waals surface area contributed by atoms with Crippen molar-refractivity contribution in [2.24, 2.45) is 0 Å². The van der Waals surface area contributed by atoms with E-state index in [-0.39, 0.29) is 11.9 Å². The third kappa shape index (κ3) is 3.11. The van der Waals surface area contributed by atoms with Crippen LogP contribution in [0, 0.1) is 5.82 Å². The standard InChI is InChI=1S/C10H10F4O/c1-6(2)15-9-4-3-7(5-8(9)11)10(12,13)14/h3-6H,1-2H3. The van der Waals surface area contributed by atoms with E-state index in [0.29, 0.717) is 6.07 Å². The number of rotatable bonds is 2. The molecule has 0 saturated heterocycles. The Kier molecular flexibility index (Phi) is 3.21. The molecule has 0 saturated carbocycles. The second-order valence-corrected chi connectivity index (χ2v) is 3.31. The molecule has 0 heterocycles. The van der Waals surface area contributed by atoms with Crippen LogP contribution in [0.1, 0.15) is 19.4 Å². The van der Waals surface area contributed by atoms with Crippen molar-refractivity contribution in [2.75, 3.05) is 0 Å². The molecule has 0 aliphatic heterocycles. The van der Waals surface area contributed by atoms with Crippen molar-refractivity contribution in [1.82, 2.24) is 0 Å². The van der Waals surface area contributed by atoms with E-state index in [1.807, 2.05) is 0 Å². The van der Waals surface area contributed by atoms with Crippen LogP contribution < -0.4 is 4.74 Å². The van der Waals surface area contributed by atoms with Crippen LogP contribution in [0.2, 0.25) is 0 Å². The van der Waals surface area contributed by atoms with Crippen LogP contribution in [-0.2, 0) is 6.18 Å². The second-order valence-electron chi connectivity index (χ2n) is 3.31. The van der Waals surface area contributed by atoms with Gasteiger partial charge in [0.1, 0.15) is 0 Å². The van der Waals surface area contributed by atoms with Crippen molar-refractivity contribution < 1.29 is 22.3 Å². The lowest BCUT2D eigenvalue weighted by Crippen LogP contribution is -2.09. The summed E-state index contributed by atoms with van der Waals surface area (Å²) in [6.45, 7) is 3.33. The van der Waals surface area contributed by atoms with Crippen LogP contribution in [0.3, 0.4) is 0 Å². The first-order chi connectivity index (χ1) is 6.80. The van der Waals surface area contributed by atoms with E-state index in [2.05, 4.69) is 0 Å². The Morgan fingerprint density at radius 3 is 2.20 bits per heavy atom. The van der Waals surface area contributed by atoms with Crippen molar-refractivity contribution in [3.8, 4) is 5.75 Å². The van der Waals surface area contributed by atoms with Crippen molar-refractivity contribution >= 4 is 0 Å². The predicted octanol–water partition coefficient (Wildman–Crippen LogP) is 3.63. The number of halogens is 4. The molecule has 0 spiro atoms. The summed E-state index contributed by atoms with van der Waals surface area (Å²) >= 11 is 0. The largest absolute Gasteiger partial charge is 0.488 e. The summed E-state index contributed by atoms with van der Waals surface area (Å²) < 4.78 is 54.5. The van der Waals surface area contributed by atoms with E-state index >= 15 is 0 Å². The third-order valence-corrected chi connectivity index (χ3v) is 1.62. The quantitative estimate of drug-likeness (QED) is 0.694. The highest BCUT2D eigenvalue weighted by Gasteiger charge is 2.31. The van der Waals surface area contributed by atoms with Gasteiger partial charge in [0.05, 0.1) is 11.7 Å². The minimum atomic E-state index is -4.53. The normalized spacial score (nSPS) is 11.9. The number of ether oxygens (including phenoxy) is 1. The summed E-state index contributed by atoms with van der Waals surface area (Å²) in [7, 11) is 0. The smallest absolute Gasteiger partial charge is 0.416 e. The van der Waals surface area contributed by atoms with Crippen molar-refractivity contribution in [3.63, 3.8) is 0 Å². The summed E-state index contributed by atoms with van der Waals surface area (Å²) in [6, 6.07) is 2.21. The maximum atomic E-state index is 13.1.